The van der Waals surface area contributed by atoms with Crippen molar-refractivity contribution in [3.63, 3.8) is 0 Å². The molecule has 1 saturated carbocycles. The van der Waals surface area contributed by atoms with Crippen LogP contribution in [0.1, 0.15) is 34.9 Å². The van der Waals surface area contributed by atoms with E-state index in [2.05, 4.69) is 4.98 Å². The molecule has 0 aliphatic heterocycles. The van der Waals surface area contributed by atoms with Crippen molar-refractivity contribution < 1.29 is 14.7 Å². The molecule has 0 radical (unpaired) electrons. The Hall–Kier alpha value is -2.17. The Morgan fingerprint density at radius 1 is 1.39 bits per heavy atom. The van der Waals surface area contributed by atoms with E-state index in [-0.39, 0.29) is 5.56 Å². The van der Waals surface area contributed by atoms with Gasteiger partial charge in [-0.1, -0.05) is 0 Å². The van der Waals surface area contributed by atoms with Gasteiger partial charge in [0.05, 0.1) is 11.0 Å². The summed E-state index contributed by atoms with van der Waals surface area (Å²) >= 11 is 0. The van der Waals surface area contributed by atoms with Gasteiger partial charge in [-0.25, -0.2) is 9.78 Å². The highest BCUT2D eigenvalue weighted by Crippen LogP contribution is 2.40. The highest BCUT2D eigenvalue weighted by Gasteiger charge is 2.28. The number of aromatic nitrogens is 2. The van der Waals surface area contributed by atoms with Gasteiger partial charge < -0.3 is 9.67 Å². The second kappa shape index (κ2) is 3.66. The fourth-order valence-electron chi connectivity index (χ4n) is 2.19. The number of ketones is 1. The molecule has 3 rings (SSSR count). The maximum atomic E-state index is 11.4. The third-order valence-corrected chi connectivity index (χ3v) is 3.31. The SMILES string of the molecule is Cn1c(C2CC2)nc2cc(C(=O)C(=O)O)ccc21. The van der Waals surface area contributed by atoms with Gasteiger partial charge in [0.25, 0.3) is 5.78 Å². The van der Waals surface area contributed by atoms with Crippen molar-refractivity contribution in [2.45, 2.75) is 18.8 Å². The van der Waals surface area contributed by atoms with Crippen LogP contribution in [0.4, 0.5) is 0 Å². The average Bonchev–Trinajstić information content (AvgIpc) is 3.14. The van der Waals surface area contributed by atoms with Crippen molar-refractivity contribution in [3.8, 4) is 0 Å². The van der Waals surface area contributed by atoms with Gasteiger partial charge in [-0.15, -0.1) is 0 Å². The van der Waals surface area contributed by atoms with E-state index in [0.29, 0.717) is 11.4 Å². The lowest BCUT2D eigenvalue weighted by Gasteiger charge is -1.99. The number of rotatable bonds is 3. The van der Waals surface area contributed by atoms with E-state index >= 15 is 0 Å². The largest absolute Gasteiger partial charge is 0.475 e. The highest BCUT2D eigenvalue weighted by molar-refractivity contribution is 6.40. The lowest BCUT2D eigenvalue weighted by Crippen LogP contribution is -2.12. The van der Waals surface area contributed by atoms with E-state index in [1.54, 1.807) is 12.1 Å². The van der Waals surface area contributed by atoms with Gasteiger partial charge >= 0.3 is 5.97 Å². The molecule has 1 N–H and O–H groups in total. The molecule has 0 saturated heterocycles. The molecule has 2 aromatic rings. The van der Waals surface area contributed by atoms with Crippen LogP contribution < -0.4 is 0 Å². The summed E-state index contributed by atoms with van der Waals surface area (Å²) in [5.74, 6) is -0.797. The van der Waals surface area contributed by atoms with E-state index in [0.717, 1.165) is 24.2 Å². The molecule has 1 fully saturated rings. The summed E-state index contributed by atoms with van der Waals surface area (Å²) in [5.41, 5.74) is 1.79. The number of aryl methyl sites for hydroxylation is 1. The second-order valence-corrected chi connectivity index (χ2v) is 4.64. The summed E-state index contributed by atoms with van der Waals surface area (Å²) in [6.45, 7) is 0. The van der Waals surface area contributed by atoms with Crippen LogP contribution in [0.5, 0.6) is 0 Å². The molecular formula is C13H12N2O3. The zero-order valence-corrected chi connectivity index (χ0v) is 9.88. The van der Waals surface area contributed by atoms with Crippen LogP contribution in [0.25, 0.3) is 11.0 Å². The number of benzene rings is 1. The first-order valence-electron chi connectivity index (χ1n) is 5.82. The number of carboxylic acids is 1. The maximum Gasteiger partial charge on any atom is 0.377 e. The summed E-state index contributed by atoms with van der Waals surface area (Å²) in [7, 11) is 1.95. The molecule has 1 aromatic carbocycles. The Labute approximate surface area is 103 Å². The molecule has 5 nitrogen and oxygen atoms in total. The molecular weight excluding hydrogens is 232 g/mol. The van der Waals surface area contributed by atoms with Crippen LogP contribution in [0, 0.1) is 0 Å². The normalized spacial score (nSPS) is 14.9. The number of carboxylic acid groups (broad SMARTS) is 1. The number of nitrogens with zero attached hydrogens (tertiary/aromatic N) is 2. The number of carbonyl (C=O) groups is 2. The number of carbonyl (C=O) groups excluding carboxylic acids is 1. The minimum atomic E-state index is -1.44. The van der Waals surface area contributed by atoms with Gasteiger partial charge in [-0.05, 0) is 31.0 Å². The topological polar surface area (TPSA) is 72.2 Å². The van der Waals surface area contributed by atoms with E-state index in [1.165, 1.54) is 6.07 Å². The van der Waals surface area contributed by atoms with Gasteiger partial charge in [0, 0.05) is 18.5 Å². The molecule has 0 amide bonds. The summed E-state index contributed by atoms with van der Waals surface area (Å²) < 4.78 is 2.02. The minimum Gasteiger partial charge on any atom is -0.475 e. The number of imidazole rings is 1. The summed E-state index contributed by atoms with van der Waals surface area (Å²) in [4.78, 5) is 26.5. The van der Waals surface area contributed by atoms with Crippen LogP contribution in [0.3, 0.4) is 0 Å². The predicted octanol–water partition coefficient (Wildman–Crippen LogP) is 1.72. The minimum absolute atomic E-state index is 0.176. The first kappa shape index (κ1) is 11.0. The van der Waals surface area contributed by atoms with Gasteiger partial charge in [0.15, 0.2) is 0 Å². The summed E-state index contributed by atoms with van der Waals surface area (Å²) in [6, 6.07) is 4.85. The number of Topliss-reactive ketones (excluding diaryl/α,β-unsaturated/α-hetero) is 1. The van der Waals surface area contributed by atoms with Crippen molar-refractivity contribution >= 4 is 22.8 Å². The zero-order chi connectivity index (χ0) is 12.9. The van der Waals surface area contributed by atoms with E-state index in [4.69, 9.17) is 5.11 Å². The highest BCUT2D eigenvalue weighted by atomic mass is 16.4. The summed E-state index contributed by atoms with van der Waals surface area (Å²) in [5, 5.41) is 8.69. The molecule has 0 bridgehead atoms. The van der Waals surface area contributed by atoms with Gasteiger partial charge in [-0.2, -0.15) is 0 Å². The molecule has 0 atom stereocenters. The van der Waals surface area contributed by atoms with E-state index in [1.807, 2.05) is 11.6 Å². The van der Waals surface area contributed by atoms with E-state index < -0.39 is 11.8 Å². The zero-order valence-electron chi connectivity index (χ0n) is 9.88. The number of aliphatic carboxylic acids is 1. The Morgan fingerprint density at radius 2 is 2.11 bits per heavy atom. The maximum absolute atomic E-state index is 11.4. The monoisotopic (exact) mass is 244 g/mol. The molecule has 1 heterocycles. The quantitative estimate of drug-likeness (QED) is 0.659. The van der Waals surface area contributed by atoms with Crippen molar-refractivity contribution in [3.05, 3.63) is 29.6 Å². The first-order chi connectivity index (χ1) is 8.58. The molecule has 0 unspecified atom stereocenters. The lowest BCUT2D eigenvalue weighted by atomic mass is 10.1. The molecule has 0 spiro atoms. The average molecular weight is 244 g/mol. The fourth-order valence-corrected chi connectivity index (χ4v) is 2.19. The van der Waals surface area contributed by atoms with Crippen LogP contribution in [0.15, 0.2) is 18.2 Å². The molecule has 1 aliphatic carbocycles. The smallest absolute Gasteiger partial charge is 0.377 e. The number of hydrogen-bond donors (Lipinski definition) is 1. The van der Waals surface area contributed by atoms with E-state index in [9.17, 15) is 9.59 Å². The molecule has 92 valence electrons. The van der Waals surface area contributed by atoms with Crippen molar-refractivity contribution in [1.29, 1.82) is 0 Å². The molecule has 18 heavy (non-hydrogen) atoms. The molecule has 1 aliphatic rings. The Bertz CT molecular complexity index is 668. The van der Waals surface area contributed by atoms with Gasteiger partial charge in [0.1, 0.15) is 5.82 Å². The fraction of sp³-hybridized carbons (Fsp3) is 0.308. The first-order valence-corrected chi connectivity index (χ1v) is 5.82. The van der Waals surface area contributed by atoms with Crippen LogP contribution in [-0.2, 0) is 11.8 Å². The molecule has 1 aromatic heterocycles. The van der Waals surface area contributed by atoms with Crippen molar-refractivity contribution in [2.75, 3.05) is 0 Å². The predicted molar refractivity (Wildman–Crippen MR) is 64.7 cm³/mol. The number of fused-ring (bicyclic) bond motifs is 1. The van der Waals surface area contributed by atoms with Crippen LogP contribution in [-0.4, -0.2) is 26.4 Å². The van der Waals surface area contributed by atoms with Crippen LogP contribution >= 0.6 is 0 Å². The standard InChI is InChI=1S/C13H12N2O3/c1-15-10-5-4-8(11(16)13(17)18)6-9(10)14-12(15)7-2-3-7/h4-7H,2-3H2,1H3,(H,17,18). The Balaban J connectivity index is 2.12. The third kappa shape index (κ3) is 1.59. The van der Waals surface area contributed by atoms with Crippen LogP contribution in [0.2, 0.25) is 0 Å². The van der Waals surface area contributed by atoms with Gasteiger partial charge in [-0.3, -0.25) is 4.79 Å². The molecule has 5 heteroatoms. The third-order valence-electron chi connectivity index (χ3n) is 3.31. The van der Waals surface area contributed by atoms with Gasteiger partial charge in [0.2, 0.25) is 0 Å². The lowest BCUT2D eigenvalue weighted by molar-refractivity contribution is -0.131. The second-order valence-electron chi connectivity index (χ2n) is 4.64. The Morgan fingerprint density at radius 3 is 2.72 bits per heavy atom. The Kier molecular flexibility index (Phi) is 2.23. The van der Waals surface area contributed by atoms with Crippen molar-refractivity contribution in [1.82, 2.24) is 9.55 Å². The summed E-state index contributed by atoms with van der Waals surface area (Å²) in [6.07, 6.45) is 2.30. The number of hydrogen-bond acceptors (Lipinski definition) is 3. The van der Waals surface area contributed by atoms with Crippen molar-refractivity contribution in [2.24, 2.45) is 7.05 Å².